The second-order valence-corrected chi connectivity index (χ2v) is 4.82. The fourth-order valence-electron chi connectivity index (χ4n) is 1.28. The topological polar surface area (TPSA) is 64.3 Å². The van der Waals surface area contributed by atoms with E-state index in [0.29, 0.717) is 12.6 Å². The third-order valence-corrected chi connectivity index (χ3v) is 2.93. The SMILES string of the molecule is COCc1nnc2sc(CNC(C)C)nn12. The number of hydrogen-bond donors (Lipinski definition) is 1. The van der Waals surface area contributed by atoms with Crippen molar-refractivity contribution in [1.29, 1.82) is 0 Å². The summed E-state index contributed by atoms with van der Waals surface area (Å²) in [5.41, 5.74) is 0. The number of methoxy groups -OCH3 is 1. The molecule has 0 aliphatic heterocycles. The van der Waals surface area contributed by atoms with Crippen LogP contribution >= 0.6 is 11.3 Å². The van der Waals surface area contributed by atoms with Crippen molar-refractivity contribution in [2.45, 2.75) is 33.0 Å². The number of ether oxygens (including phenoxy) is 1. The maximum Gasteiger partial charge on any atom is 0.234 e. The van der Waals surface area contributed by atoms with Crippen molar-refractivity contribution < 1.29 is 4.74 Å². The maximum absolute atomic E-state index is 5.03. The van der Waals surface area contributed by atoms with E-state index >= 15 is 0 Å². The Morgan fingerprint density at radius 2 is 2.25 bits per heavy atom. The Hall–Kier alpha value is -1.05. The Labute approximate surface area is 97.6 Å². The third kappa shape index (κ3) is 2.37. The Morgan fingerprint density at radius 3 is 2.94 bits per heavy atom. The minimum Gasteiger partial charge on any atom is -0.377 e. The molecule has 0 aliphatic rings. The number of hydrogen-bond acceptors (Lipinski definition) is 6. The van der Waals surface area contributed by atoms with Crippen molar-refractivity contribution in [2.75, 3.05) is 7.11 Å². The smallest absolute Gasteiger partial charge is 0.234 e. The molecule has 2 heterocycles. The van der Waals surface area contributed by atoms with Gasteiger partial charge in [0.2, 0.25) is 4.96 Å². The highest BCUT2D eigenvalue weighted by atomic mass is 32.1. The van der Waals surface area contributed by atoms with Crippen LogP contribution in [0.15, 0.2) is 0 Å². The lowest BCUT2D eigenvalue weighted by molar-refractivity contribution is 0.176. The van der Waals surface area contributed by atoms with Crippen molar-refractivity contribution in [1.82, 2.24) is 25.1 Å². The van der Waals surface area contributed by atoms with E-state index in [2.05, 4.69) is 34.5 Å². The quantitative estimate of drug-likeness (QED) is 0.840. The van der Waals surface area contributed by atoms with Gasteiger partial charge in [-0.05, 0) is 0 Å². The second-order valence-electron chi connectivity index (χ2n) is 3.78. The van der Waals surface area contributed by atoms with Crippen LogP contribution in [-0.2, 0) is 17.9 Å². The Kier molecular flexibility index (Phi) is 3.47. The average Bonchev–Trinajstić information content (AvgIpc) is 2.77. The molecule has 2 aromatic rings. The maximum atomic E-state index is 5.03. The van der Waals surface area contributed by atoms with Crippen LogP contribution in [0.4, 0.5) is 0 Å². The molecule has 0 spiro atoms. The number of fused-ring (bicyclic) bond motifs is 1. The molecule has 6 nitrogen and oxygen atoms in total. The van der Waals surface area contributed by atoms with Gasteiger partial charge in [-0.1, -0.05) is 25.2 Å². The van der Waals surface area contributed by atoms with Gasteiger partial charge in [0, 0.05) is 19.7 Å². The minimum absolute atomic E-state index is 0.432. The monoisotopic (exact) mass is 241 g/mol. The van der Waals surface area contributed by atoms with Crippen LogP contribution in [0.25, 0.3) is 4.96 Å². The zero-order chi connectivity index (χ0) is 11.5. The van der Waals surface area contributed by atoms with Crippen LogP contribution in [0.1, 0.15) is 24.7 Å². The van der Waals surface area contributed by atoms with E-state index in [9.17, 15) is 0 Å². The van der Waals surface area contributed by atoms with Gasteiger partial charge in [0.1, 0.15) is 11.6 Å². The van der Waals surface area contributed by atoms with Crippen LogP contribution < -0.4 is 5.32 Å². The molecule has 0 bridgehead atoms. The zero-order valence-electron chi connectivity index (χ0n) is 9.60. The zero-order valence-corrected chi connectivity index (χ0v) is 10.4. The predicted molar refractivity (Wildman–Crippen MR) is 61.3 cm³/mol. The van der Waals surface area contributed by atoms with Gasteiger partial charge in [0.15, 0.2) is 5.82 Å². The lowest BCUT2D eigenvalue weighted by Gasteiger charge is -2.03. The van der Waals surface area contributed by atoms with Crippen molar-refractivity contribution in [3.63, 3.8) is 0 Å². The lowest BCUT2D eigenvalue weighted by Crippen LogP contribution is -2.21. The number of aromatic nitrogens is 4. The summed E-state index contributed by atoms with van der Waals surface area (Å²) in [6, 6.07) is 0.452. The summed E-state index contributed by atoms with van der Waals surface area (Å²) in [6.45, 7) is 5.41. The largest absolute Gasteiger partial charge is 0.377 e. The van der Waals surface area contributed by atoms with Crippen LogP contribution in [0.2, 0.25) is 0 Å². The molecule has 0 unspecified atom stereocenters. The highest BCUT2D eigenvalue weighted by Crippen LogP contribution is 2.14. The van der Waals surface area contributed by atoms with Gasteiger partial charge in [-0.15, -0.1) is 10.2 Å². The molecule has 0 saturated carbocycles. The molecule has 0 aliphatic carbocycles. The van der Waals surface area contributed by atoms with E-state index < -0.39 is 0 Å². The highest BCUT2D eigenvalue weighted by Gasteiger charge is 2.11. The fraction of sp³-hybridized carbons (Fsp3) is 0.667. The summed E-state index contributed by atoms with van der Waals surface area (Å²) in [6.07, 6.45) is 0. The first-order valence-corrected chi connectivity index (χ1v) is 5.94. The average molecular weight is 241 g/mol. The third-order valence-electron chi connectivity index (χ3n) is 2.03. The summed E-state index contributed by atoms with van der Waals surface area (Å²) in [4.78, 5) is 0.813. The van der Waals surface area contributed by atoms with Gasteiger partial charge in [0.05, 0.1) is 0 Å². The molecular formula is C9H15N5OS. The van der Waals surface area contributed by atoms with Crippen LogP contribution in [-0.4, -0.2) is 33.0 Å². The molecule has 88 valence electrons. The predicted octanol–water partition coefficient (Wildman–Crippen LogP) is 0.830. The van der Waals surface area contributed by atoms with Gasteiger partial charge in [-0.25, -0.2) is 0 Å². The standard InChI is InChI=1S/C9H15N5OS/c1-6(2)10-4-8-13-14-7(5-15-3)11-12-9(14)16-8/h6,10H,4-5H2,1-3H3. The van der Waals surface area contributed by atoms with E-state index in [1.807, 2.05) is 0 Å². The van der Waals surface area contributed by atoms with E-state index in [1.165, 1.54) is 0 Å². The molecule has 0 fully saturated rings. The molecule has 1 N–H and O–H groups in total. The number of nitrogens with one attached hydrogen (secondary N) is 1. The Balaban J connectivity index is 2.16. The van der Waals surface area contributed by atoms with Crippen molar-refractivity contribution in [2.24, 2.45) is 0 Å². The van der Waals surface area contributed by atoms with Gasteiger partial charge in [-0.2, -0.15) is 9.61 Å². The van der Waals surface area contributed by atoms with Gasteiger partial charge < -0.3 is 10.1 Å². The summed E-state index contributed by atoms with van der Waals surface area (Å²) in [5, 5.41) is 16.8. The molecule has 0 aromatic carbocycles. The molecule has 0 atom stereocenters. The van der Waals surface area contributed by atoms with Gasteiger partial charge in [-0.3, -0.25) is 0 Å². The molecule has 7 heteroatoms. The Bertz CT molecular complexity index is 463. The minimum atomic E-state index is 0.432. The molecule has 0 amide bonds. The fourth-order valence-corrected chi connectivity index (χ4v) is 2.08. The first-order valence-electron chi connectivity index (χ1n) is 5.13. The van der Waals surface area contributed by atoms with Gasteiger partial charge in [0.25, 0.3) is 0 Å². The lowest BCUT2D eigenvalue weighted by atomic mass is 10.4. The van der Waals surface area contributed by atoms with Gasteiger partial charge >= 0.3 is 0 Å². The second kappa shape index (κ2) is 4.86. The normalized spacial score (nSPS) is 11.8. The van der Waals surface area contributed by atoms with E-state index in [4.69, 9.17) is 4.74 Å². The summed E-state index contributed by atoms with van der Waals surface area (Å²) in [7, 11) is 1.63. The van der Waals surface area contributed by atoms with Crippen molar-refractivity contribution >= 4 is 16.3 Å². The van der Waals surface area contributed by atoms with E-state index in [0.717, 1.165) is 22.3 Å². The van der Waals surface area contributed by atoms with Crippen molar-refractivity contribution in [3.8, 4) is 0 Å². The summed E-state index contributed by atoms with van der Waals surface area (Å²) in [5.74, 6) is 0.740. The van der Waals surface area contributed by atoms with E-state index in [1.54, 1.807) is 23.0 Å². The highest BCUT2D eigenvalue weighted by molar-refractivity contribution is 7.16. The van der Waals surface area contributed by atoms with Crippen LogP contribution in [0.5, 0.6) is 0 Å². The molecule has 2 aromatic heterocycles. The van der Waals surface area contributed by atoms with Crippen LogP contribution in [0, 0.1) is 0 Å². The van der Waals surface area contributed by atoms with E-state index in [-0.39, 0.29) is 0 Å². The molecule has 0 saturated heterocycles. The molecule has 0 radical (unpaired) electrons. The number of rotatable bonds is 5. The van der Waals surface area contributed by atoms with Crippen molar-refractivity contribution in [3.05, 3.63) is 10.8 Å². The molecule has 16 heavy (non-hydrogen) atoms. The summed E-state index contributed by atoms with van der Waals surface area (Å²) >= 11 is 1.55. The Morgan fingerprint density at radius 1 is 1.44 bits per heavy atom. The first-order chi connectivity index (χ1) is 7.70. The molecular weight excluding hydrogens is 226 g/mol. The van der Waals surface area contributed by atoms with Crippen LogP contribution in [0.3, 0.4) is 0 Å². The number of nitrogens with zero attached hydrogens (tertiary/aromatic N) is 4. The summed E-state index contributed by atoms with van der Waals surface area (Å²) < 4.78 is 6.77. The first kappa shape index (κ1) is 11.4. The molecule has 2 rings (SSSR count).